The summed E-state index contributed by atoms with van der Waals surface area (Å²) >= 11 is 0. The van der Waals surface area contributed by atoms with E-state index in [9.17, 15) is 9.59 Å². The lowest BCUT2D eigenvalue weighted by Crippen LogP contribution is -2.27. The van der Waals surface area contributed by atoms with Crippen molar-refractivity contribution in [2.45, 2.75) is 46.1 Å². The minimum absolute atomic E-state index is 0.137. The van der Waals surface area contributed by atoms with Gasteiger partial charge < -0.3 is 4.74 Å². The Hall–Kier alpha value is -2.62. The molecule has 0 radical (unpaired) electrons. The van der Waals surface area contributed by atoms with Gasteiger partial charge in [0.25, 0.3) is 0 Å². The fraction of sp³-hybridized carbons (Fsp3) is 0.333. The van der Waals surface area contributed by atoms with Crippen LogP contribution in [0.5, 0.6) is 0 Å². The van der Waals surface area contributed by atoms with E-state index in [1.54, 1.807) is 45.0 Å². The van der Waals surface area contributed by atoms with Crippen molar-refractivity contribution in [3.63, 3.8) is 0 Å². The molecular weight excluding hydrogens is 314 g/mol. The van der Waals surface area contributed by atoms with E-state index >= 15 is 0 Å². The molecule has 0 aromatic heterocycles. The Morgan fingerprint density at radius 1 is 0.960 bits per heavy atom. The van der Waals surface area contributed by atoms with E-state index in [-0.39, 0.29) is 5.78 Å². The molecule has 4 nitrogen and oxygen atoms in total. The van der Waals surface area contributed by atoms with Gasteiger partial charge in [-0.05, 0) is 44.4 Å². The number of carbonyl (C=O) groups is 2. The summed E-state index contributed by atoms with van der Waals surface area (Å²) in [4.78, 5) is 24.8. The number of carbonyl (C=O) groups excluding carboxylic acids is 2. The van der Waals surface area contributed by atoms with Crippen molar-refractivity contribution in [3.05, 3.63) is 65.2 Å². The van der Waals surface area contributed by atoms with E-state index in [2.05, 4.69) is 19.2 Å². The van der Waals surface area contributed by atoms with Crippen LogP contribution >= 0.6 is 0 Å². The van der Waals surface area contributed by atoms with Crippen LogP contribution in [0.1, 0.15) is 62.0 Å². The van der Waals surface area contributed by atoms with Crippen molar-refractivity contribution in [3.8, 4) is 0 Å². The second kappa shape index (κ2) is 7.51. The van der Waals surface area contributed by atoms with Crippen molar-refractivity contribution in [2.24, 2.45) is 0 Å². The Labute approximate surface area is 149 Å². The molecule has 2 aromatic carbocycles. The molecule has 0 spiro atoms. The second-order valence-corrected chi connectivity index (χ2v) is 7.28. The molecule has 0 aliphatic heterocycles. The number of rotatable bonds is 4. The maximum absolute atomic E-state index is 12.8. The molecule has 4 heteroatoms. The Balaban J connectivity index is 2.24. The Morgan fingerprint density at radius 2 is 1.56 bits per heavy atom. The first-order valence-electron chi connectivity index (χ1n) is 8.41. The highest BCUT2D eigenvalue weighted by Crippen LogP contribution is 2.22. The molecule has 1 amide bonds. The number of nitrogens with one attached hydrogen (secondary N) is 1. The zero-order chi connectivity index (χ0) is 18.6. The van der Waals surface area contributed by atoms with Gasteiger partial charge in [-0.2, -0.15) is 0 Å². The zero-order valence-electron chi connectivity index (χ0n) is 15.4. The van der Waals surface area contributed by atoms with Crippen LogP contribution in [0.3, 0.4) is 0 Å². The van der Waals surface area contributed by atoms with Crippen molar-refractivity contribution < 1.29 is 14.3 Å². The zero-order valence-corrected chi connectivity index (χ0v) is 15.4. The van der Waals surface area contributed by atoms with Crippen LogP contribution in [0.4, 0.5) is 10.5 Å². The van der Waals surface area contributed by atoms with Crippen LogP contribution in [0.15, 0.2) is 48.5 Å². The molecule has 0 bridgehead atoms. The van der Waals surface area contributed by atoms with Gasteiger partial charge in [0.05, 0.1) is 5.69 Å². The van der Waals surface area contributed by atoms with Crippen LogP contribution in [0, 0.1) is 0 Å². The Bertz CT molecular complexity index is 755. The molecule has 0 heterocycles. The summed E-state index contributed by atoms with van der Waals surface area (Å²) in [6, 6.07) is 14.5. The van der Waals surface area contributed by atoms with Gasteiger partial charge in [-0.1, -0.05) is 50.2 Å². The topological polar surface area (TPSA) is 55.4 Å². The highest BCUT2D eigenvalue weighted by Gasteiger charge is 2.19. The normalized spacial score (nSPS) is 11.3. The van der Waals surface area contributed by atoms with Crippen LogP contribution in [0.25, 0.3) is 0 Å². The smallest absolute Gasteiger partial charge is 0.412 e. The molecule has 0 saturated heterocycles. The van der Waals surface area contributed by atoms with Crippen LogP contribution < -0.4 is 5.32 Å². The first-order valence-corrected chi connectivity index (χ1v) is 8.41. The van der Waals surface area contributed by atoms with E-state index in [4.69, 9.17) is 4.74 Å². The Kier molecular flexibility index (Phi) is 5.62. The maximum atomic E-state index is 12.8. The molecule has 25 heavy (non-hydrogen) atoms. The van der Waals surface area contributed by atoms with Crippen molar-refractivity contribution in [1.82, 2.24) is 0 Å². The predicted octanol–water partition coefficient (Wildman–Crippen LogP) is 5.39. The van der Waals surface area contributed by atoms with Gasteiger partial charge in [0.15, 0.2) is 5.78 Å². The predicted molar refractivity (Wildman–Crippen MR) is 100 cm³/mol. The molecule has 0 aliphatic rings. The van der Waals surface area contributed by atoms with E-state index in [1.807, 2.05) is 24.3 Å². The summed E-state index contributed by atoms with van der Waals surface area (Å²) in [5.41, 5.74) is 2.04. The van der Waals surface area contributed by atoms with Gasteiger partial charge in [-0.15, -0.1) is 0 Å². The number of ether oxygens (including phenoxy) is 1. The summed E-state index contributed by atoms with van der Waals surface area (Å²) in [6.45, 7) is 9.59. The lowest BCUT2D eigenvalue weighted by Gasteiger charge is -2.20. The van der Waals surface area contributed by atoms with Gasteiger partial charge in [0.2, 0.25) is 0 Å². The van der Waals surface area contributed by atoms with E-state index in [0.29, 0.717) is 22.7 Å². The van der Waals surface area contributed by atoms with Crippen molar-refractivity contribution in [2.75, 3.05) is 5.32 Å². The summed E-state index contributed by atoms with van der Waals surface area (Å²) in [7, 11) is 0. The van der Waals surface area contributed by atoms with Crippen molar-refractivity contribution >= 4 is 17.6 Å². The molecule has 0 aliphatic carbocycles. The third kappa shape index (κ3) is 5.18. The molecule has 2 aromatic rings. The highest BCUT2D eigenvalue weighted by molar-refractivity contribution is 6.13. The largest absolute Gasteiger partial charge is 0.444 e. The summed E-state index contributed by atoms with van der Waals surface area (Å²) in [6.07, 6.45) is -0.581. The van der Waals surface area contributed by atoms with Gasteiger partial charge in [-0.3, -0.25) is 10.1 Å². The summed E-state index contributed by atoms with van der Waals surface area (Å²) in [5.74, 6) is 0.271. The number of anilines is 1. The number of benzene rings is 2. The quantitative estimate of drug-likeness (QED) is 0.760. The van der Waals surface area contributed by atoms with Gasteiger partial charge in [0, 0.05) is 11.1 Å². The molecule has 2 rings (SSSR count). The molecule has 0 unspecified atom stereocenters. The van der Waals surface area contributed by atoms with Gasteiger partial charge in [-0.25, -0.2) is 4.79 Å². The lowest BCUT2D eigenvalue weighted by molar-refractivity contribution is 0.0636. The highest BCUT2D eigenvalue weighted by atomic mass is 16.6. The molecule has 0 atom stereocenters. The summed E-state index contributed by atoms with van der Waals surface area (Å²) in [5, 5.41) is 2.67. The third-order valence-corrected chi connectivity index (χ3v) is 3.65. The van der Waals surface area contributed by atoms with Gasteiger partial charge >= 0.3 is 6.09 Å². The summed E-state index contributed by atoms with van der Waals surface area (Å²) < 4.78 is 5.26. The van der Waals surface area contributed by atoms with E-state index in [1.165, 1.54) is 5.56 Å². The van der Waals surface area contributed by atoms with E-state index in [0.717, 1.165) is 0 Å². The number of para-hydroxylation sites is 1. The van der Waals surface area contributed by atoms with Crippen LogP contribution in [-0.4, -0.2) is 17.5 Å². The van der Waals surface area contributed by atoms with Gasteiger partial charge in [0.1, 0.15) is 5.60 Å². The maximum Gasteiger partial charge on any atom is 0.412 e. The number of hydrogen-bond donors (Lipinski definition) is 1. The van der Waals surface area contributed by atoms with Crippen molar-refractivity contribution in [1.29, 1.82) is 0 Å². The standard InChI is InChI=1S/C21H25NO3/c1-14(2)15-10-12-16(13-11-15)19(23)17-8-6-7-9-18(17)22-20(24)25-21(3,4)5/h6-14H,1-5H3,(H,22,24). The van der Waals surface area contributed by atoms with E-state index < -0.39 is 11.7 Å². The number of hydrogen-bond acceptors (Lipinski definition) is 3. The number of ketones is 1. The average Bonchev–Trinajstić information content (AvgIpc) is 2.53. The monoisotopic (exact) mass is 339 g/mol. The lowest BCUT2D eigenvalue weighted by atomic mass is 9.97. The van der Waals surface area contributed by atoms with Crippen LogP contribution in [0.2, 0.25) is 0 Å². The SMILES string of the molecule is CC(C)c1ccc(C(=O)c2ccccc2NC(=O)OC(C)(C)C)cc1. The fourth-order valence-electron chi connectivity index (χ4n) is 2.38. The molecule has 132 valence electrons. The molecular formula is C21H25NO3. The first-order chi connectivity index (χ1) is 11.7. The number of amides is 1. The van der Waals surface area contributed by atoms with Crippen LogP contribution in [-0.2, 0) is 4.74 Å². The minimum Gasteiger partial charge on any atom is -0.444 e. The Morgan fingerprint density at radius 3 is 2.12 bits per heavy atom. The average molecular weight is 339 g/mol. The fourth-order valence-corrected chi connectivity index (χ4v) is 2.38. The molecule has 0 saturated carbocycles. The minimum atomic E-state index is -0.601. The first kappa shape index (κ1) is 18.7. The molecule has 0 fully saturated rings. The molecule has 1 N–H and O–H groups in total. The third-order valence-electron chi connectivity index (χ3n) is 3.65. The second-order valence-electron chi connectivity index (χ2n) is 7.28.